The van der Waals surface area contributed by atoms with Crippen molar-refractivity contribution in [1.29, 1.82) is 0 Å². The van der Waals surface area contributed by atoms with E-state index in [0.717, 1.165) is 44.2 Å². The van der Waals surface area contributed by atoms with E-state index in [1.165, 1.54) is 11.8 Å². The van der Waals surface area contributed by atoms with Gasteiger partial charge in [-0.25, -0.2) is 0 Å². The number of halogens is 3. The molecule has 1 saturated heterocycles. The number of aromatic nitrogens is 1. The van der Waals surface area contributed by atoms with E-state index in [0.29, 0.717) is 24.0 Å². The van der Waals surface area contributed by atoms with Crippen LogP contribution in [0.25, 0.3) is 12.2 Å². The van der Waals surface area contributed by atoms with Gasteiger partial charge in [0.2, 0.25) is 5.91 Å². The van der Waals surface area contributed by atoms with Crippen LogP contribution in [-0.2, 0) is 4.79 Å². The smallest absolute Gasteiger partial charge is 0.226 e. The molecule has 1 N–H and O–H groups in total. The summed E-state index contributed by atoms with van der Waals surface area (Å²) in [6.45, 7) is 3.28. The molecular weight excluding hydrogens is 594 g/mol. The van der Waals surface area contributed by atoms with E-state index in [-0.39, 0.29) is 18.2 Å². The third kappa shape index (κ3) is 5.96. The molecule has 2 aromatic rings. The van der Waals surface area contributed by atoms with Crippen LogP contribution in [0.15, 0.2) is 62.3 Å². The maximum atomic E-state index is 13.0. The molecule has 0 saturated carbocycles. The zero-order valence-corrected chi connectivity index (χ0v) is 23.2. The van der Waals surface area contributed by atoms with Crippen LogP contribution in [0, 0.1) is 5.92 Å². The number of carbonyl (C=O) groups is 1. The van der Waals surface area contributed by atoms with Crippen LogP contribution in [0.4, 0.5) is 0 Å². The lowest BCUT2D eigenvalue weighted by Gasteiger charge is -2.37. The van der Waals surface area contributed by atoms with Gasteiger partial charge in [0, 0.05) is 39.2 Å². The Hall–Kier alpha value is -2.22. The van der Waals surface area contributed by atoms with Crippen molar-refractivity contribution >= 4 is 67.7 Å². The third-order valence-corrected chi connectivity index (χ3v) is 7.85. The molecule has 182 valence electrons. The number of rotatable bonds is 5. The van der Waals surface area contributed by atoms with Crippen molar-refractivity contribution in [1.82, 2.24) is 9.88 Å². The number of fused-ring (bicyclic) bond motifs is 2. The molecule has 2 heterocycles. The van der Waals surface area contributed by atoms with Gasteiger partial charge < -0.3 is 10.1 Å². The van der Waals surface area contributed by atoms with E-state index in [4.69, 9.17) is 21.8 Å². The van der Waals surface area contributed by atoms with Gasteiger partial charge in [0.15, 0.2) is 0 Å². The number of piperidine rings is 1. The standard InChI is InChI=1S/C27H26Br2ClN3O2/c1-2-3-17(6-9-32-35)12-24(34)33-10-7-18(8-11-33)26-25-19(14-22(30)15-23(25)29)4-5-20-13-21(28)16-31-27(20)26/h2-6,9,13-16,18,26,35H,7-8,10-12H2,1H3/b3-2-,17-6+,32-9?. The zero-order valence-electron chi connectivity index (χ0n) is 19.3. The van der Waals surface area contributed by atoms with Gasteiger partial charge in [-0.05, 0) is 88.2 Å². The molecule has 1 unspecified atom stereocenters. The number of hydrogen-bond donors (Lipinski definition) is 1. The van der Waals surface area contributed by atoms with E-state index in [1.54, 1.807) is 6.08 Å². The molecule has 8 heteroatoms. The highest BCUT2D eigenvalue weighted by Gasteiger charge is 2.35. The van der Waals surface area contributed by atoms with Crippen molar-refractivity contribution in [2.75, 3.05) is 13.1 Å². The summed E-state index contributed by atoms with van der Waals surface area (Å²) in [7, 11) is 0. The Kier molecular flexibility index (Phi) is 8.63. The quantitative estimate of drug-likeness (QED) is 0.164. The van der Waals surface area contributed by atoms with Crippen molar-refractivity contribution in [3.63, 3.8) is 0 Å². The second-order valence-corrected chi connectivity index (χ2v) is 10.9. The lowest BCUT2D eigenvalue weighted by Crippen LogP contribution is -2.40. The third-order valence-electron chi connectivity index (χ3n) is 6.55. The molecule has 1 fully saturated rings. The van der Waals surface area contributed by atoms with Gasteiger partial charge in [0.1, 0.15) is 0 Å². The first-order valence-electron chi connectivity index (χ1n) is 11.5. The lowest BCUT2D eigenvalue weighted by atomic mass is 9.76. The zero-order chi connectivity index (χ0) is 24.9. The van der Waals surface area contributed by atoms with Gasteiger partial charge in [0.05, 0.1) is 18.3 Å². The summed E-state index contributed by atoms with van der Waals surface area (Å²) in [6, 6.07) is 6.07. The fourth-order valence-corrected chi connectivity index (χ4v) is 6.42. The number of benzene rings is 1. The fraction of sp³-hybridized carbons (Fsp3) is 0.296. The Labute approximate surface area is 227 Å². The highest BCUT2D eigenvalue weighted by Crippen LogP contribution is 2.46. The summed E-state index contributed by atoms with van der Waals surface area (Å²) < 4.78 is 1.93. The molecule has 35 heavy (non-hydrogen) atoms. The van der Waals surface area contributed by atoms with E-state index < -0.39 is 0 Å². The van der Waals surface area contributed by atoms with Gasteiger partial charge in [-0.1, -0.05) is 57.0 Å². The molecule has 1 aliphatic heterocycles. The van der Waals surface area contributed by atoms with Crippen LogP contribution in [0.5, 0.6) is 0 Å². The summed E-state index contributed by atoms with van der Waals surface area (Å²) >= 11 is 13.7. The number of oxime groups is 1. The topological polar surface area (TPSA) is 65.8 Å². The van der Waals surface area contributed by atoms with E-state index in [1.807, 2.05) is 42.3 Å². The Bertz CT molecular complexity index is 1230. The highest BCUT2D eigenvalue weighted by molar-refractivity contribution is 9.10. The van der Waals surface area contributed by atoms with E-state index in [9.17, 15) is 4.79 Å². The summed E-state index contributed by atoms with van der Waals surface area (Å²) in [5.41, 5.74) is 5.25. The minimum Gasteiger partial charge on any atom is -0.411 e. The monoisotopic (exact) mass is 617 g/mol. The number of amides is 1. The normalized spacial score (nSPS) is 18.7. The maximum absolute atomic E-state index is 13.0. The number of pyridine rings is 1. The number of nitrogens with zero attached hydrogens (tertiary/aromatic N) is 3. The SMILES string of the molecule is C/C=C\C(=C/C=NO)CC(=O)N1CCC(C2c3ncc(Br)cc3C=Cc3cc(Cl)cc(Br)c32)CC1. The molecule has 2 aliphatic rings. The Morgan fingerprint density at radius 2 is 1.97 bits per heavy atom. The number of carbonyl (C=O) groups excluding carboxylic acids is 1. The van der Waals surface area contributed by atoms with Crippen LogP contribution >= 0.6 is 43.5 Å². The first-order chi connectivity index (χ1) is 16.9. The fourth-order valence-electron chi connectivity index (χ4n) is 4.99. The molecular formula is C27H26Br2ClN3O2. The predicted octanol–water partition coefficient (Wildman–Crippen LogP) is 7.47. The molecule has 5 nitrogen and oxygen atoms in total. The highest BCUT2D eigenvalue weighted by atomic mass is 79.9. The number of likely N-dealkylation sites (tertiary alicyclic amines) is 1. The van der Waals surface area contributed by atoms with Crippen LogP contribution in [-0.4, -0.2) is 40.3 Å². The van der Waals surface area contributed by atoms with E-state index in [2.05, 4.69) is 55.2 Å². The van der Waals surface area contributed by atoms with Gasteiger partial charge in [0.25, 0.3) is 0 Å². The largest absolute Gasteiger partial charge is 0.411 e. The Balaban J connectivity index is 1.59. The molecule has 0 bridgehead atoms. The van der Waals surface area contributed by atoms with Gasteiger partial charge in [-0.3, -0.25) is 9.78 Å². The molecule has 4 rings (SSSR count). The summed E-state index contributed by atoms with van der Waals surface area (Å²) in [6.07, 6.45) is 14.8. The summed E-state index contributed by atoms with van der Waals surface area (Å²) in [5.74, 6) is 0.499. The molecule has 1 aliphatic carbocycles. The number of allylic oxidation sites excluding steroid dienone is 3. The summed E-state index contributed by atoms with van der Waals surface area (Å²) in [5, 5.41) is 12.4. The van der Waals surface area contributed by atoms with Crippen molar-refractivity contribution in [2.24, 2.45) is 11.1 Å². The average Bonchev–Trinajstić information content (AvgIpc) is 2.99. The van der Waals surface area contributed by atoms with Crippen LogP contribution in [0.3, 0.4) is 0 Å². The minimum absolute atomic E-state index is 0.0810. The Morgan fingerprint density at radius 3 is 2.69 bits per heavy atom. The first-order valence-corrected chi connectivity index (χ1v) is 13.5. The molecule has 0 radical (unpaired) electrons. The van der Waals surface area contributed by atoms with E-state index >= 15 is 0 Å². The van der Waals surface area contributed by atoms with Crippen LogP contribution in [0.2, 0.25) is 5.02 Å². The number of hydrogen-bond acceptors (Lipinski definition) is 4. The van der Waals surface area contributed by atoms with Crippen molar-refractivity contribution in [2.45, 2.75) is 32.1 Å². The molecule has 1 atom stereocenters. The summed E-state index contributed by atoms with van der Waals surface area (Å²) in [4.78, 5) is 19.8. The molecule has 1 aromatic carbocycles. The molecule has 1 aromatic heterocycles. The van der Waals surface area contributed by atoms with Gasteiger partial charge in [-0.15, -0.1) is 0 Å². The molecule has 1 amide bonds. The first kappa shape index (κ1) is 25.9. The second kappa shape index (κ2) is 11.7. The van der Waals surface area contributed by atoms with Crippen LogP contribution < -0.4 is 0 Å². The second-order valence-electron chi connectivity index (χ2n) is 8.73. The van der Waals surface area contributed by atoms with Crippen LogP contribution in [0.1, 0.15) is 54.5 Å². The lowest BCUT2D eigenvalue weighted by molar-refractivity contribution is -0.131. The molecule has 0 spiro atoms. The van der Waals surface area contributed by atoms with Crippen molar-refractivity contribution in [3.8, 4) is 0 Å². The van der Waals surface area contributed by atoms with Crippen molar-refractivity contribution < 1.29 is 10.0 Å². The maximum Gasteiger partial charge on any atom is 0.226 e. The average molecular weight is 620 g/mol. The van der Waals surface area contributed by atoms with Gasteiger partial charge in [-0.2, -0.15) is 0 Å². The minimum atomic E-state index is 0.0810. The van der Waals surface area contributed by atoms with Gasteiger partial charge >= 0.3 is 0 Å². The Morgan fingerprint density at radius 1 is 1.23 bits per heavy atom. The predicted molar refractivity (Wildman–Crippen MR) is 149 cm³/mol. The van der Waals surface area contributed by atoms with Crippen molar-refractivity contribution in [3.05, 3.63) is 84.5 Å².